The highest BCUT2D eigenvalue weighted by Gasteiger charge is 2.21. The van der Waals surface area contributed by atoms with E-state index in [0.29, 0.717) is 25.3 Å². The number of rotatable bonds is 1. The zero-order chi connectivity index (χ0) is 10.7. The van der Waals surface area contributed by atoms with Gasteiger partial charge >= 0.3 is 0 Å². The predicted molar refractivity (Wildman–Crippen MR) is 55.6 cm³/mol. The van der Waals surface area contributed by atoms with E-state index in [1.54, 1.807) is 24.5 Å². The first kappa shape index (κ1) is 10.1. The summed E-state index contributed by atoms with van der Waals surface area (Å²) < 4.78 is 5.39. The van der Waals surface area contributed by atoms with Crippen LogP contribution in [0.5, 0.6) is 0 Å². The van der Waals surface area contributed by atoms with Gasteiger partial charge in [0.25, 0.3) is 5.91 Å². The van der Waals surface area contributed by atoms with Gasteiger partial charge in [0, 0.05) is 31.0 Å². The molecule has 1 aliphatic rings. The van der Waals surface area contributed by atoms with Crippen molar-refractivity contribution < 1.29 is 9.53 Å². The minimum atomic E-state index is 0.0625. The summed E-state index contributed by atoms with van der Waals surface area (Å²) in [6, 6.07) is 3.48. The van der Waals surface area contributed by atoms with Crippen LogP contribution in [0.4, 0.5) is 0 Å². The summed E-state index contributed by atoms with van der Waals surface area (Å²) in [5, 5.41) is 0. The lowest BCUT2D eigenvalue weighted by Crippen LogP contribution is -2.44. The lowest BCUT2D eigenvalue weighted by molar-refractivity contribution is -0.0124. The second-order valence-corrected chi connectivity index (χ2v) is 3.67. The number of carbonyl (C=O) groups is 1. The third-order valence-corrected chi connectivity index (χ3v) is 2.46. The van der Waals surface area contributed by atoms with Gasteiger partial charge in [0.1, 0.15) is 0 Å². The van der Waals surface area contributed by atoms with Crippen molar-refractivity contribution in [2.24, 2.45) is 0 Å². The predicted octanol–water partition coefficient (Wildman–Crippen LogP) is 0.943. The van der Waals surface area contributed by atoms with E-state index in [-0.39, 0.29) is 12.0 Å². The Bertz CT molecular complexity index is 340. The molecular weight excluding hydrogens is 192 g/mol. The number of amides is 1. The summed E-state index contributed by atoms with van der Waals surface area (Å²) in [5.41, 5.74) is 0.694. The van der Waals surface area contributed by atoms with E-state index in [1.807, 2.05) is 11.8 Å². The molecule has 0 bridgehead atoms. The van der Waals surface area contributed by atoms with Crippen LogP contribution in [0, 0.1) is 0 Å². The molecule has 1 aromatic heterocycles. The Labute approximate surface area is 88.9 Å². The molecule has 1 atom stereocenters. The first-order valence-corrected chi connectivity index (χ1v) is 5.08. The van der Waals surface area contributed by atoms with E-state index in [0.717, 1.165) is 0 Å². The second-order valence-electron chi connectivity index (χ2n) is 3.67. The van der Waals surface area contributed by atoms with Gasteiger partial charge in [-0.05, 0) is 19.1 Å². The Morgan fingerprint density at radius 1 is 1.53 bits per heavy atom. The molecule has 4 nitrogen and oxygen atoms in total. The van der Waals surface area contributed by atoms with Crippen molar-refractivity contribution in [3.63, 3.8) is 0 Å². The van der Waals surface area contributed by atoms with Crippen molar-refractivity contribution in [2.45, 2.75) is 13.0 Å². The first-order valence-electron chi connectivity index (χ1n) is 5.08. The Kier molecular flexibility index (Phi) is 2.97. The maximum atomic E-state index is 12.0. The number of aromatic nitrogens is 1. The van der Waals surface area contributed by atoms with E-state index < -0.39 is 0 Å². The highest BCUT2D eigenvalue weighted by atomic mass is 16.5. The van der Waals surface area contributed by atoms with Crippen molar-refractivity contribution in [1.29, 1.82) is 0 Å². The van der Waals surface area contributed by atoms with Crippen molar-refractivity contribution in [2.75, 3.05) is 19.7 Å². The number of hydrogen-bond acceptors (Lipinski definition) is 3. The SMILES string of the molecule is CC1CN(C(=O)c2ccncc2)CCO1. The van der Waals surface area contributed by atoms with Gasteiger partial charge in [-0.2, -0.15) is 0 Å². The van der Waals surface area contributed by atoms with Crippen molar-refractivity contribution in [3.05, 3.63) is 30.1 Å². The van der Waals surface area contributed by atoms with Gasteiger partial charge in [0.15, 0.2) is 0 Å². The fourth-order valence-corrected chi connectivity index (χ4v) is 1.68. The van der Waals surface area contributed by atoms with Crippen LogP contribution in [0.2, 0.25) is 0 Å². The Morgan fingerprint density at radius 2 is 2.27 bits per heavy atom. The first-order chi connectivity index (χ1) is 7.27. The Morgan fingerprint density at radius 3 is 2.93 bits per heavy atom. The molecule has 0 saturated carbocycles. The lowest BCUT2D eigenvalue weighted by atomic mass is 10.2. The van der Waals surface area contributed by atoms with Crippen LogP contribution < -0.4 is 0 Å². The normalized spacial score (nSPS) is 21.4. The minimum absolute atomic E-state index is 0.0625. The van der Waals surface area contributed by atoms with E-state index in [9.17, 15) is 4.79 Å². The van der Waals surface area contributed by atoms with Gasteiger partial charge in [-0.3, -0.25) is 9.78 Å². The average molecular weight is 206 g/mol. The summed E-state index contributed by atoms with van der Waals surface area (Å²) in [5.74, 6) is 0.0625. The molecule has 1 aliphatic heterocycles. The highest BCUT2D eigenvalue weighted by molar-refractivity contribution is 5.94. The van der Waals surface area contributed by atoms with Gasteiger partial charge < -0.3 is 9.64 Å². The fraction of sp³-hybridized carbons (Fsp3) is 0.455. The van der Waals surface area contributed by atoms with Crippen LogP contribution in [0.1, 0.15) is 17.3 Å². The number of carbonyl (C=O) groups excluding carboxylic acids is 1. The lowest BCUT2D eigenvalue weighted by Gasteiger charge is -2.31. The van der Waals surface area contributed by atoms with Crippen LogP contribution in [0.3, 0.4) is 0 Å². The van der Waals surface area contributed by atoms with Gasteiger partial charge in [-0.1, -0.05) is 0 Å². The number of ether oxygens (including phenoxy) is 1. The van der Waals surface area contributed by atoms with Gasteiger partial charge in [-0.15, -0.1) is 0 Å². The highest BCUT2D eigenvalue weighted by Crippen LogP contribution is 2.09. The molecule has 0 aliphatic carbocycles. The summed E-state index contributed by atoms with van der Waals surface area (Å²) in [6.45, 7) is 3.94. The summed E-state index contributed by atoms with van der Waals surface area (Å²) >= 11 is 0. The van der Waals surface area contributed by atoms with Crippen LogP contribution in [-0.4, -0.2) is 41.6 Å². The van der Waals surface area contributed by atoms with Crippen molar-refractivity contribution in [1.82, 2.24) is 9.88 Å². The zero-order valence-electron chi connectivity index (χ0n) is 8.72. The molecule has 4 heteroatoms. The monoisotopic (exact) mass is 206 g/mol. The topological polar surface area (TPSA) is 42.4 Å². The Balaban J connectivity index is 2.08. The van der Waals surface area contributed by atoms with E-state index >= 15 is 0 Å². The number of hydrogen-bond donors (Lipinski definition) is 0. The quantitative estimate of drug-likeness (QED) is 0.686. The molecule has 1 aromatic rings. The number of morpholine rings is 1. The smallest absolute Gasteiger partial charge is 0.254 e. The van der Waals surface area contributed by atoms with E-state index in [2.05, 4.69) is 4.98 Å². The maximum Gasteiger partial charge on any atom is 0.254 e. The van der Waals surface area contributed by atoms with Crippen LogP contribution in [-0.2, 0) is 4.74 Å². The molecule has 1 amide bonds. The van der Waals surface area contributed by atoms with Crippen LogP contribution in [0.25, 0.3) is 0 Å². The molecule has 2 rings (SSSR count). The largest absolute Gasteiger partial charge is 0.375 e. The molecule has 15 heavy (non-hydrogen) atoms. The number of pyridine rings is 1. The molecule has 0 aromatic carbocycles. The van der Waals surface area contributed by atoms with Gasteiger partial charge in [-0.25, -0.2) is 0 Å². The van der Waals surface area contributed by atoms with Crippen LogP contribution in [0.15, 0.2) is 24.5 Å². The van der Waals surface area contributed by atoms with Crippen molar-refractivity contribution in [3.8, 4) is 0 Å². The number of nitrogens with zero attached hydrogens (tertiary/aromatic N) is 2. The molecule has 0 N–H and O–H groups in total. The average Bonchev–Trinajstić information content (AvgIpc) is 2.29. The summed E-state index contributed by atoms with van der Waals surface area (Å²) in [6.07, 6.45) is 3.40. The van der Waals surface area contributed by atoms with Crippen LogP contribution >= 0.6 is 0 Å². The molecule has 80 valence electrons. The Hall–Kier alpha value is -1.42. The molecule has 1 unspecified atom stereocenters. The van der Waals surface area contributed by atoms with Gasteiger partial charge in [0.2, 0.25) is 0 Å². The molecule has 2 heterocycles. The zero-order valence-corrected chi connectivity index (χ0v) is 8.72. The maximum absolute atomic E-state index is 12.0. The fourth-order valence-electron chi connectivity index (χ4n) is 1.68. The third kappa shape index (κ3) is 2.33. The molecule has 1 saturated heterocycles. The van der Waals surface area contributed by atoms with E-state index in [1.165, 1.54) is 0 Å². The van der Waals surface area contributed by atoms with Crippen molar-refractivity contribution >= 4 is 5.91 Å². The molecule has 0 radical (unpaired) electrons. The summed E-state index contributed by atoms with van der Waals surface area (Å²) in [7, 11) is 0. The summed E-state index contributed by atoms with van der Waals surface area (Å²) in [4.78, 5) is 17.7. The standard InChI is InChI=1S/C11H14N2O2/c1-9-8-13(6-7-15-9)11(14)10-2-4-12-5-3-10/h2-5,9H,6-8H2,1H3. The van der Waals surface area contributed by atoms with E-state index in [4.69, 9.17) is 4.74 Å². The second kappa shape index (κ2) is 4.40. The molecular formula is C11H14N2O2. The molecule has 1 fully saturated rings. The third-order valence-electron chi connectivity index (χ3n) is 2.46. The minimum Gasteiger partial charge on any atom is -0.375 e. The van der Waals surface area contributed by atoms with Gasteiger partial charge in [0.05, 0.1) is 12.7 Å². The molecule has 0 spiro atoms.